The molecule has 0 aliphatic heterocycles. The third-order valence-electron chi connectivity index (χ3n) is 7.69. The monoisotopic (exact) mass is 414 g/mol. The average Bonchev–Trinajstić information content (AvgIpc) is 3.62. The summed E-state index contributed by atoms with van der Waals surface area (Å²) >= 11 is 0. The Labute approximate surface area is 181 Å². The van der Waals surface area contributed by atoms with Crippen LogP contribution >= 0.6 is 0 Å². The van der Waals surface area contributed by atoms with Gasteiger partial charge in [-0.2, -0.15) is 0 Å². The SMILES string of the molecule is Cc1cc(CCCCC2(OC=O)CC2)c(C)c(C)c1CCCCCC1(C(=O)O)CC1. The third-order valence-corrected chi connectivity index (χ3v) is 7.69. The van der Waals surface area contributed by atoms with Crippen molar-refractivity contribution in [3.63, 3.8) is 0 Å². The van der Waals surface area contributed by atoms with Crippen LogP contribution < -0.4 is 0 Å². The number of aliphatic carboxylic acids is 1. The molecule has 4 nitrogen and oxygen atoms in total. The van der Waals surface area contributed by atoms with E-state index in [-0.39, 0.29) is 11.0 Å². The van der Waals surface area contributed by atoms with Crippen LogP contribution in [0.15, 0.2) is 6.07 Å². The molecule has 0 amide bonds. The van der Waals surface area contributed by atoms with E-state index in [9.17, 15) is 14.7 Å². The van der Waals surface area contributed by atoms with Crippen LogP contribution in [0.25, 0.3) is 0 Å². The molecule has 1 N–H and O–H groups in total. The zero-order valence-electron chi connectivity index (χ0n) is 19.0. The normalized spacial score (nSPS) is 18.1. The molecular weight excluding hydrogens is 376 g/mol. The Kier molecular flexibility index (Phi) is 7.26. The lowest BCUT2D eigenvalue weighted by Crippen LogP contribution is -2.14. The Morgan fingerprint density at radius 3 is 2.23 bits per heavy atom. The molecule has 0 spiro atoms. The first-order chi connectivity index (χ1) is 14.3. The number of hydrogen-bond acceptors (Lipinski definition) is 3. The highest BCUT2D eigenvalue weighted by atomic mass is 16.5. The fourth-order valence-electron chi connectivity index (χ4n) is 4.96. The van der Waals surface area contributed by atoms with Crippen molar-refractivity contribution in [3.05, 3.63) is 33.9 Å². The number of carbonyl (C=O) groups excluding carboxylic acids is 1. The van der Waals surface area contributed by atoms with Crippen molar-refractivity contribution in [2.45, 2.75) is 110 Å². The van der Waals surface area contributed by atoms with Crippen molar-refractivity contribution in [1.82, 2.24) is 0 Å². The van der Waals surface area contributed by atoms with Gasteiger partial charge in [-0.05, 0) is 119 Å². The van der Waals surface area contributed by atoms with Gasteiger partial charge < -0.3 is 9.84 Å². The molecule has 0 saturated heterocycles. The first-order valence-electron chi connectivity index (χ1n) is 11.8. The first kappa shape index (κ1) is 22.8. The maximum absolute atomic E-state index is 11.3. The van der Waals surface area contributed by atoms with Crippen molar-refractivity contribution < 1.29 is 19.4 Å². The van der Waals surface area contributed by atoms with Gasteiger partial charge in [0.2, 0.25) is 0 Å². The van der Waals surface area contributed by atoms with Crippen LogP contribution in [0.3, 0.4) is 0 Å². The first-order valence-corrected chi connectivity index (χ1v) is 11.8. The number of aryl methyl sites for hydroxylation is 2. The minimum atomic E-state index is -0.594. The maximum Gasteiger partial charge on any atom is 0.309 e. The van der Waals surface area contributed by atoms with E-state index in [1.807, 2.05) is 0 Å². The molecule has 1 aromatic rings. The summed E-state index contributed by atoms with van der Waals surface area (Å²) in [5, 5.41) is 9.29. The Hall–Kier alpha value is -1.84. The van der Waals surface area contributed by atoms with Gasteiger partial charge in [0.1, 0.15) is 5.60 Å². The standard InChI is InChI=1S/C26H38O4/c1-19-17-22(9-6-8-12-26(15-16-26)30-18-27)20(2)21(3)23(19)10-5-4-7-11-25(13-14-25)24(28)29/h17-18H,4-16H2,1-3H3,(H,28,29). The molecule has 0 atom stereocenters. The number of unbranched alkanes of at least 4 members (excludes halogenated alkanes) is 3. The number of rotatable bonds is 14. The zero-order valence-corrected chi connectivity index (χ0v) is 19.0. The molecule has 30 heavy (non-hydrogen) atoms. The maximum atomic E-state index is 11.3. The van der Waals surface area contributed by atoms with E-state index >= 15 is 0 Å². The summed E-state index contributed by atoms with van der Waals surface area (Å²) in [5.74, 6) is -0.594. The van der Waals surface area contributed by atoms with Gasteiger partial charge in [-0.3, -0.25) is 9.59 Å². The smallest absolute Gasteiger partial charge is 0.309 e. The molecule has 1 aromatic carbocycles. The van der Waals surface area contributed by atoms with Gasteiger partial charge in [-0.15, -0.1) is 0 Å². The van der Waals surface area contributed by atoms with Crippen LogP contribution in [0, 0.1) is 26.2 Å². The quantitative estimate of drug-likeness (QED) is 0.300. The highest BCUT2D eigenvalue weighted by Crippen LogP contribution is 2.50. The van der Waals surface area contributed by atoms with E-state index in [0.29, 0.717) is 6.47 Å². The number of hydrogen-bond donors (Lipinski definition) is 1. The van der Waals surface area contributed by atoms with E-state index in [2.05, 4.69) is 26.8 Å². The molecule has 2 fully saturated rings. The van der Waals surface area contributed by atoms with Crippen molar-refractivity contribution >= 4 is 12.4 Å². The molecule has 166 valence electrons. The van der Waals surface area contributed by atoms with Crippen LogP contribution in [0.5, 0.6) is 0 Å². The van der Waals surface area contributed by atoms with Crippen LogP contribution in [-0.4, -0.2) is 23.1 Å². The molecule has 4 heteroatoms. The second kappa shape index (κ2) is 9.53. The van der Waals surface area contributed by atoms with E-state index in [1.165, 1.54) is 27.8 Å². The Morgan fingerprint density at radius 2 is 1.63 bits per heavy atom. The van der Waals surface area contributed by atoms with Crippen LogP contribution in [0.4, 0.5) is 0 Å². The topological polar surface area (TPSA) is 63.6 Å². The lowest BCUT2D eigenvalue weighted by Gasteiger charge is -2.18. The van der Waals surface area contributed by atoms with Crippen LogP contribution in [0.1, 0.15) is 98.4 Å². The summed E-state index contributed by atoms with van der Waals surface area (Å²) in [6, 6.07) is 2.37. The van der Waals surface area contributed by atoms with Crippen molar-refractivity contribution in [2.75, 3.05) is 0 Å². The lowest BCUT2D eigenvalue weighted by molar-refractivity contribution is -0.143. The molecule has 0 heterocycles. The summed E-state index contributed by atoms with van der Waals surface area (Å²) in [5.41, 5.74) is 6.67. The number of carbonyl (C=O) groups is 2. The Balaban J connectivity index is 1.44. The predicted octanol–water partition coefficient (Wildman–Crippen LogP) is 6.00. The van der Waals surface area contributed by atoms with Gasteiger partial charge >= 0.3 is 5.97 Å². The second-order valence-corrected chi connectivity index (χ2v) is 9.83. The van der Waals surface area contributed by atoms with E-state index in [4.69, 9.17) is 4.74 Å². The van der Waals surface area contributed by atoms with E-state index < -0.39 is 5.97 Å². The zero-order chi connectivity index (χ0) is 21.8. The summed E-state index contributed by atoms with van der Waals surface area (Å²) in [6.45, 7) is 7.34. The Morgan fingerprint density at radius 1 is 0.967 bits per heavy atom. The van der Waals surface area contributed by atoms with Gasteiger partial charge in [0, 0.05) is 0 Å². The van der Waals surface area contributed by atoms with Crippen molar-refractivity contribution in [3.8, 4) is 0 Å². The van der Waals surface area contributed by atoms with E-state index in [1.54, 1.807) is 0 Å². The van der Waals surface area contributed by atoms with Gasteiger partial charge in [0.05, 0.1) is 5.41 Å². The lowest BCUT2D eigenvalue weighted by atomic mass is 9.88. The summed E-state index contributed by atoms with van der Waals surface area (Å²) < 4.78 is 5.25. The largest absolute Gasteiger partial charge is 0.481 e. The minimum Gasteiger partial charge on any atom is -0.481 e. The minimum absolute atomic E-state index is 0.129. The number of benzene rings is 1. The highest BCUT2D eigenvalue weighted by molar-refractivity contribution is 5.77. The molecule has 2 aliphatic carbocycles. The molecule has 0 radical (unpaired) electrons. The average molecular weight is 415 g/mol. The van der Waals surface area contributed by atoms with E-state index in [0.717, 1.165) is 83.5 Å². The number of carboxylic acids is 1. The fourth-order valence-corrected chi connectivity index (χ4v) is 4.96. The van der Waals surface area contributed by atoms with Crippen molar-refractivity contribution in [2.24, 2.45) is 5.41 Å². The molecule has 0 aromatic heterocycles. The molecule has 3 rings (SSSR count). The predicted molar refractivity (Wildman–Crippen MR) is 119 cm³/mol. The molecular formula is C26H38O4. The molecule has 0 unspecified atom stereocenters. The number of ether oxygens (including phenoxy) is 1. The molecule has 2 saturated carbocycles. The Bertz CT molecular complexity index is 772. The van der Waals surface area contributed by atoms with Crippen LogP contribution in [-0.2, 0) is 27.2 Å². The summed E-state index contributed by atoms with van der Waals surface area (Å²) in [4.78, 5) is 21.9. The van der Waals surface area contributed by atoms with Gasteiger partial charge in [-0.25, -0.2) is 0 Å². The summed E-state index contributed by atoms with van der Waals surface area (Å²) in [7, 11) is 0. The van der Waals surface area contributed by atoms with Crippen molar-refractivity contribution in [1.29, 1.82) is 0 Å². The van der Waals surface area contributed by atoms with Gasteiger partial charge in [0.15, 0.2) is 0 Å². The second-order valence-electron chi connectivity index (χ2n) is 9.83. The number of carboxylic acid groups (broad SMARTS) is 1. The van der Waals surface area contributed by atoms with Gasteiger partial charge in [0.25, 0.3) is 6.47 Å². The molecule has 2 aliphatic rings. The third kappa shape index (κ3) is 5.44. The van der Waals surface area contributed by atoms with Gasteiger partial charge in [-0.1, -0.05) is 18.9 Å². The van der Waals surface area contributed by atoms with Crippen LogP contribution in [0.2, 0.25) is 0 Å². The highest BCUT2D eigenvalue weighted by Gasteiger charge is 2.49. The summed E-state index contributed by atoms with van der Waals surface area (Å²) in [6.07, 6.45) is 13.3. The molecule has 0 bridgehead atoms. The fraction of sp³-hybridized carbons (Fsp3) is 0.692.